The van der Waals surface area contributed by atoms with E-state index in [4.69, 9.17) is 37.9 Å². The van der Waals surface area contributed by atoms with Crippen LogP contribution in [-0.2, 0) is 35.7 Å². The summed E-state index contributed by atoms with van der Waals surface area (Å²) in [6.07, 6.45) is 1.70. The molecular weight excluding hydrogens is 694 g/mol. The Kier molecular flexibility index (Phi) is 14.2. The summed E-state index contributed by atoms with van der Waals surface area (Å²) in [7, 11) is 6.35. The summed E-state index contributed by atoms with van der Waals surface area (Å²) in [6.45, 7) is 0.242. The average Bonchev–Trinajstić information content (AvgIpc) is 3.20. The van der Waals surface area contributed by atoms with E-state index in [1.54, 1.807) is 44.3 Å². The van der Waals surface area contributed by atoms with Crippen molar-refractivity contribution in [2.75, 3.05) is 42.0 Å². The van der Waals surface area contributed by atoms with Crippen molar-refractivity contribution < 1.29 is 47.5 Å². The maximum atomic E-state index is 13.3. The first-order valence-corrected chi connectivity index (χ1v) is 16.9. The van der Waals surface area contributed by atoms with Crippen LogP contribution in [0.1, 0.15) is 22.3 Å². The van der Waals surface area contributed by atoms with Gasteiger partial charge in [0.05, 0.1) is 40.8 Å². The Labute approximate surface area is 314 Å². The molecule has 5 rings (SSSR count). The fraction of sp³-hybridized carbons (Fsp3) is 0.244. The Morgan fingerprint density at radius 3 is 1.07 bits per heavy atom. The summed E-state index contributed by atoms with van der Waals surface area (Å²) in [5, 5.41) is 0. The van der Waals surface area contributed by atoms with Crippen LogP contribution in [0.4, 0.5) is 9.59 Å². The number of carbonyl (C=O) groups excluding carboxylic acids is 2. The van der Waals surface area contributed by atoms with E-state index < -0.39 is 25.8 Å². The molecule has 13 heteroatoms. The van der Waals surface area contributed by atoms with Crippen molar-refractivity contribution in [1.29, 1.82) is 0 Å². The summed E-state index contributed by atoms with van der Waals surface area (Å²) in [5.74, 6) is 3.25. The fourth-order valence-electron chi connectivity index (χ4n) is 5.37. The first kappa shape index (κ1) is 38.6. The molecule has 0 aliphatic heterocycles. The molecule has 0 spiro atoms. The zero-order valence-corrected chi connectivity index (χ0v) is 30.6. The van der Waals surface area contributed by atoms with Gasteiger partial charge in [0.2, 0.25) is 13.6 Å². The minimum Gasteiger partial charge on any atom is -0.497 e. The lowest BCUT2D eigenvalue weighted by atomic mass is 10.1. The molecule has 0 aliphatic rings. The third-order valence-corrected chi connectivity index (χ3v) is 8.05. The lowest BCUT2D eigenvalue weighted by Crippen LogP contribution is -2.31. The Morgan fingerprint density at radius 2 is 0.778 bits per heavy atom. The molecule has 1 aromatic heterocycles. The topological polar surface area (TPSA) is 127 Å². The van der Waals surface area contributed by atoms with E-state index >= 15 is 0 Å². The van der Waals surface area contributed by atoms with Gasteiger partial charge in [0, 0.05) is 32.2 Å². The van der Waals surface area contributed by atoms with E-state index in [0.29, 0.717) is 23.0 Å². The van der Waals surface area contributed by atoms with Gasteiger partial charge in [-0.15, -0.1) is 0 Å². The second-order valence-corrected chi connectivity index (χ2v) is 11.8. The van der Waals surface area contributed by atoms with Crippen molar-refractivity contribution in [3.8, 4) is 34.5 Å². The Bertz CT molecular complexity index is 1740. The van der Waals surface area contributed by atoms with Crippen LogP contribution in [0, 0.1) is 0 Å². The molecule has 0 fully saturated rings. The van der Waals surface area contributed by atoms with Gasteiger partial charge in [-0.05, 0) is 70.8 Å². The summed E-state index contributed by atoms with van der Waals surface area (Å²) in [5.41, 5.74) is 3.42. The smallest absolute Gasteiger partial charge is 0.413 e. The minimum atomic E-state index is -0.597. The molecule has 2 amide bonds. The summed E-state index contributed by atoms with van der Waals surface area (Å²) in [4.78, 5) is 33.9. The third kappa shape index (κ3) is 11.7. The normalized spacial score (nSPS) is 10.4. The molecule has 282 valence electrons. The number of aromatic nitrogens is 1. The number of nitrogens with zero attached hydrogens (tertiary/aromatic N) is 3. The average molecular weight is 738 g/mol. The Morgan fingerprint density at radius 1 is 0.463 bits per heavy atom. The van der Waals surface area contributed by atoms with Crippen LogP contribution in [0.25, 0.3) is 0 Å². The highest BCUT2D eigenvalue weighted by molar-refractivity contribution is 5.68. The van der Waals surface area contributed by atoms with Crippen LogP contribution in [0.3, 0.4) is 0 Å². The van der Waals surface area contributed by atoms with Crippen LogP contribution in [0.2, 0.25) is 0 Å². The highest BCUT2D eigenvalue weighted by atomic mass is 16.7. The van der Waals surface area contributed by atoms with Crippen molar-refractivity contribution in [3.63, 3.8) is 0 Å². The van der Waals surface area contributed by atoms with Crippen LogP contribution in [-0.4, -0.2) is 69.0 Å². The first-order valence-electron chi connectivity index (χ1n) is 16.9. The summed E-state index contributed by atoms with van der Waals surface area (Å²) in [6, 6.07) is 31.3. The van der Waals surface area contributed by atoms with Crippen molar-refractivity contribution in [1.82, 2.24) is 14.8 Å². The Balaban J connectivity index is 1.17. The van der Waals surface area contributed by atoms with E-state index in [9.17, 15) is 9.59 Å². The lowest BCUT2D eigenvalue weighted by Gasteiger charge is -2.23. The fourth-order valence-corrected chi connectivity index (χ4v) is 5.37. The van der Waals surface area contributed by atoms with Gasteiger partial charge in [-0.1, -0.05) is 48.5 Å². The van der Waals surface area contributed by atoms with Crippen molar-refractivity contribution >= 4 is 12.2 Å². The van der Waals surface area contributed by atoms with Gasteiger partial charge in [0.25, 0.3) is 0 Å². The molecule has 0 unspecified atom stereocenters. The van der Waals surface area contributed by atoms with Crippen LogP contribution in [0.15, 0.2) is 116 Å². The van der Waals surface area contributed by atoms with Crippen molar-refractivity contribution in [3.05, 3.63) is 138 Å². The number of hydrogen-bond acceptors (Lipinski definition) is 11. The molecule has 0 saturated carbocycles. The van der Waals surface area contributed by atoms with E-state index in [1.807, 2.05) is 97.1 Å². The first-order chi connectivity index (χ1) is 26.3. The van der Waals surface area contributed by atoms with Crippen LogP contribution >= 0.6 is 0 Å². The van der Waals surface area contributed by atoms with E-state index in [1.165, 1.54) is 12.4 Å². The molecule has 13 nitrogen and oxygen atoms in total. The van der Waals surface area contributed by atoms with Gasteiger partial charge in [-0.25, -0.2) is 9.59 Å². The molecule has 0 N–H and O–H groups in total. The summed E-state index contributed by atoms with van der Waals surface area (Å²) >= 11 is 0. The maximum Gasteiger partial charge on any atom is 0.413 e. The van der Waals surface area contributed by atoms with Gasteiger partial charge in [-0.3, -0.25) is 14.8 Å². The number of benzene rings is 4. The van der Waals surface area contributed by atoms with E-state index in [-0.39, 0.29) is 37.7 Å². The van der Waals surface area contributed by atoms with Crippen LogP contribution < -0.4 is 28.4 Å². The summed E-state index contributed by atoms with van der Waals surface area (Å²) < 4.78 is 43.8. The van der Waals surface area contributed by atoms with Gasteiger partial charge >= 0.3 is 12.2 Å². The monoisotopic (exact) mass is 737 g/mol. The molecule has 0 radical (unpaired) electrons. The van der Waals surface area contributed by atoms with Crippen molar-refractivity contribution in [2.24, 2.45) is 0 Å². The predicted molar refractivity (Wildman–Crippen MR) is 199 cm³/mol. The number of pyridine rings is 1. The molecule has 1 heterocycles. The number of methoxy groups -OCH3 is 4. The number of amides is 2. The highest BCUT2D eigenvalue weighted by Gasteiger charge is 2.19. The molecule has 0 saturated heterocycles. The van der Waals surface area contributed by atoms with Gasteiger partial charge in [0.15, 0.2) is 0 Å². The van der Waals surface area contributed by atoms with Crippen molar-refractivity contribution in [2.45, 2.75) is 26.2 Å². The minimum absolute atomic E-state index is 0.257. The van der Waals surface area contributed by atoms with Gasteiger partial charge < -0.3 is 37.9 Å². The quantitative estimate of drug-likeness (QED) is 0.0832. The highest BCUT2D eigenvalue weighted by Crippen LogP contribution is 2.22. The SMILES string of the molecule is COc1cccc(CN(Cc2cccc(OC)c2)C(=O)OCOc2cncc(OCOC(=O)N(Cc3cccc(OC)c3)Cc3cccc(OC)c3)c2)c1. The molecule has 4 aromatic carbocycles. The number of rotatable bonds is 18. The molecule has 54 heavy (non-hydrogen) atoms. The third-order valence-electron chi connectivity index (χ3n) is 8.05. The lowest BCUT2D eigenvalue weighted by molar-refractivity contribution is 0.0288. The molecule has 0 aliphatic carbocycles. The maximum absolute atomic E-state index is 13.3. The number of carbonyl (C=O) groups is 2. The zero-order chi connectivity index (χ0) is 38.1. The zero-order valence-electron chi connectivity index (χ0n) is 30.6. The largest absolute Gasteiger partial charge is 0.497 e. The van der Waals surface area contributed by atoms with Gasteiger partial charge in [0.1, 0.15) is 34.5 Å². The van der Waals surface area contributed by atoms with E-state index in [0.717, 1.165) is 22.3 Å². The number of ether oxygens (including phenoxy) is 8. The standard InChI is InChI=1S/C41H43N3O10/c1-47-34-13-5-9-30(17-34)24-43(25-31-10-6-14-35(18-31)48-2)40(45)53-28-51-38-21-39(23-42-22-38)52-29-54-41(46)44(26-32-11-7-15-36(19-32)49-3)27-33-12-8-16-37(20-33)50-4/h5-23H,24-29H2,1-4H3. The Hall–Kier alpha value is -6.63. The second-order valence-electron chi connectivity index (χ2n) is 11.8. The van der Waals surface area contributed by atoms with E-state index in [2.05, 4.69) is 4.98 Å². The van der Waals surface area contributed by atoms with Gasteiger partial charge in [-0.2, -0.15) is 0 Å². The van der Waals surface area contributed by atoms with Crippen LogP contribution in [0.5, 0.6) is 34.5 Å². The predicted octanol–water partition coefficient (Wildman–Crippen LogP) is 7.47. The molecule has 0 bridgehead atoms. The molecule has 0 atom stereocenters. The molecule has 5 aromatic rings. The molecular formula is C41H43N3O10. The second kappa shape index (κ2) is 19.8. The number of hydrogen-bond donors (Lipinski definition) is 0.